The van der Waals surface area contributed by atoms with E-state index in [1.54, 1.807) is 0 Å². The Morgan fingerprint density at radius 3 is 2.73 bits per heavy atom. The topological polar surface area (TPSA) is 38.4 Å². The first-order valence-electron chi connectivity index (χ1n) is 3.73. The standard InChI is InChI=1S/C8H15BN2/c1-3-8(9)6-4-5-7(2)11-10/h3-4,6H,5,9-10H2,1-2H3/b6-4-,8-3+,11-7-. The summed E-state index contributed by atoms with van der Waals surface area (Å²) in [6, 6.07) is 0. The predicted molar refractivity (Wildman–Crippen MR) is 53.4 cm³/mol. The van der Waals surface area contributed by atoms with E-state index in [4.69, 9.17) is 5.84 Å². The fraction of sp³-hybridized carbons (Fsp3) is 0.375. The minimum absolute atomic E-state index is 0.835. The maximum absolute atomic E-state index is 5.06. The third kappa shape index (κ3) is 5.46. The molecule has 0 bridgehead atoms. The third-order valence-corrected chi connectivity index (χ3v) is 1.47. The van der Waals surface area contributed by atoms with Crippen molar-refractivity contribution in [3.8, 4) is 0 Å². The molecular weight excluding hydrogens is 135 g/mol. The summed E-state index contributed by atoms with van der Waals surface area (Å²) >= 11 is 0. The van der Waals surface area contributed by atoms with Gasteiger partial charge in [0.2, 0.25) is 0 Å². The van der Waals surface area contributed by atoms with Crippen LogP contribution < -0.4 is 5.84 Å². The minimum atomic E-state index is 0.835. The summed E-state index contributed by atoms with van der Waals surface area (Å²) in [6.45, 7) is 3.93. The summed E-state index contributed by atoms with van der Waals surface area (Å²) in [5, 5.41) is 3.56. The Balaban J connectivity index is 3.79. The van der Waals surface area contributed by atoms with Gasteiger partial charge in [-0.1, -0.05) is 23.7 Å². The lowest BCUT2D eigenvalue weighted by Gasteiger charge is -1.90. The Bertz CT molecular complexity index is 192. The number of hydrazone groups is 1. The van der Waals surface area contributed by atoms with Crippen LogP contribution in [0.15, 0.2) is 28.8 Å². The van der Waals surface area contributed by atoms with Gasteiger partial charge < -0.3 is 5.84 Å². The fourth-order valence-corrected chi connectivity index (χ4v) is 0.564. The molecule has 2 N–H and O–H groups in total. The van der Waals surface area contributed by atoms with Crippen LogP contribution in [0.25, 0.3) is 0 Å². The van der Waals surface area contributed by atoms with Crippen molar-refractivity contribution in [2.24, 2.45) is 10.9 Å². The highest BCUT2D eigenvalue weighted by Gasteiger charge is 1.84. The molecule has 0 aliphatic rings. The Hall–Kier alpha value is -0.985. The highest BCUT2D eigenvalue weighted by Crippen LogP contribution is 1.92. The fourth-order valence-electron chi connectivity index (χ4n) is 0.564. The van der Waals surface area contributed by atoms with Crippen LogP contribution >= 0.6 is 0 Å². The summed E-state index contributed by atoms with van der Waals surface area (Å²) in [5.74, 6) is 5.06. The molecular formula is C8H15BN2. The van der Waals surface area contributed by atoms with Gasteiger partial charge in [0.25, 0.3) is 0 Å². The molecule has 0 aliphatic heterocycles. The van der Waals surface area contributed by atoms with Crippen LogP contribution in [0.4, 0.5) is 0 Å². The van der Waals surface area contributed by atoms with E-state index in [0.29, 0.717) is 0 Å². The highest BCUT2D eigenvalue weighted by molar-refractivity contribution is 6.23. The number of hydrogen-bond acceptors (Lipinski definition) is 2. The molecule has 0 unspecified atom stereocenters. The molecule has 0 fully saturated rings. The second-order valence-electron chi connectivity index (χ2n) is 2.50. The second-order valence-corrected chi connectivity index (χ2v) is 2.50. The van der Waals surface area contributed by atoms with Crippen LogP contribution in [0.1, 0.15) is 20.3 Å². The van der Waals surface area contributed by atoms with Crippen LogP contribution in [0, 0.1) is 0 Å². The van der Waals surface area contributed by atoms with Crippen molar-refractivity contribution >= 4 is 13.6 Å². The Labute approximate surface area is 69.3 Å². The molecule has 0 radical (unpaired) electrons. The lowest BCUT2D eigenvalue weighted by molar-refractivity contribution is 1.20. The highest BCUT2D eigenvalue weighted by atomic mass is 15.1. The molecule has 2 nitrogen and oxygen atoms in total. The van der Waals surface area contributed by atoms with Crippen molar-refractivity contribution in [1.82, 2.24) is 0 Å². The number of nitrogens with zero attached hydrogens (tertiary/aromatic N) is 1. The van der Waals surface area contributed by atoms with Gasteiger partial charge >= 0.3 is 0 Å². The smallest absolute Gasteiger partial charge is 0.138 e. The molecule has 0 amide bonds. The molecule has 0 spiro atoms. The summed E-state index contributed by atoms with van der Waals surface area (Å²) in [5.41, 5.74) is 2.21. The van der Waals surface area contributed by atoms with E-state index >= 15 is 0 Å². The first-order chi connectivity index (χ1) is 5.20. The van der Waals surface area contributed by atoms with Gasteiger partial charge in [-0.25, -0.2) is 0 Å². The Kier molecular flexibility index (Phi) is 5.26. The second kappa shape index (κ2) is 5.77. The van der Waals surface area contributed by atoms with E-state index in [1.165, 1.54) is 5.47 Å². The molecule has 0 heterocycles. The maximum atomic E-state index is 5.06. The lowest BCUT2D eigenvalue weighted by atomic mass is 9.95. The van der Waals surface area contributed by atoms with E-state index in [-0.39, 0.29) is 0 Å². The van der Waals surface area contributed by atoms with E-state index < -0.39 is 0 Å². The van der Waals surface area contributed by atoms with E-state index in [1.807, 2.05) is 13.8 Å². The number of rotatable bonds is 3. The first-order valence-corrected chi connectivity index (χ1v) is 3.73. The average molecular weight is 150 g/mol. The summed E-state index contributed by atoms with van der Waals surface area (Å²) < 4.78 is 0. The molecule has 3 heteroatoms. The molecule has 0 rings (SSSR count). The monoisotopic (exact) mass is 150 g/mol. The van der Waals surface area contributed by atoms with Crippen molar-refractivity contribution in [2.75, 3.05) is 0 Å². The van der Waals surface area contributed by atoms with Crippen LogP contribution in [0.2, 0.25) is 0 Å². The van der Waals surface area contributed by atoms with Gasteiger partial charge in [0, 0.05) is 12.1 Å². The van der Waals surface area contributed by atoms with Crippen molar-refractivity contribution in [1.29, 1.82) is 0 Å². The number of nitrogens with two attached hydrogens (primary N) is 1. The predicted octanol–water partition coefficient (Wildman–Crippen LogP) is 0.804. The summed E-state index contributed by atoms with van der Waals surface area (Å²) in [7, 11) is 2.06. The zero-order valence-corrected chi connectivity index (χ0v) is 7.46. The maximum Gasteiger partial charge on any atom is 0.138 e. The first kappa shape index (κ1) is 10.0. The quantitative estimate of drug-likeness (QED) is 0.209. The van der Waals surface area contributed by atoms with Gasteiger partial charge in [-0.2, -0.15) is 5.10 Å². The number of allylic oxidation sites excluding steroid dienone is 4. The SMILES string of the molecule is BC(/C=C\C/C(C)=N\N)=C/C. The molecule has 0 saturated carbocycles. The molecule has 11 heavy (non-hydrogen) atoms. The van der Waals surface area contributed by atoms with Crippen LogP contribution in [0.5, 0.6) is 0 Å². The van der Waals surface area contributed by atoms with Gasteiger partial charge in [-0.3, -0.25) is 0 Å². The Morgan fingerprint density at radius 2 is 2.27 bits per heavy atom. The summed E-state index contributed by atoms with van der Waals surface area (Å²) in [4.78, 5) is 0. The average Bonchev–Trinajstić information content (AvgIpc) is 2.04. The van der Waals surface area contributed by atoms with Gasteiger partial charge in [0.05, 0.1) is 0 Å². The number of hydrogen-bond donors (Lipinski definition) is 1. The minimum Gasteiger partial charge on any atom is -0.323 e. The molecule has 60 valence electrons. The molecule has 0 saturated heterocycles. The zero-order chi connectivity index (χ0) is 8.69. The normalized spacial score (nSPS) is 14.4. The zero-order valence-electron chi connectivity index (χ0n) is 7.46. The lowest BCUT2D eigenvalue weighted by Crippen LogP contribution is -1.93. The molecule has 0 aliphatic carbocycles. The van der Waals surface area contributed by atoms with Gasteiger partial charge in [-0.15, -0.1) is 0 Å². The molecule has 0 aromatic heterocycles. The van der Waals surface area contributed by atoms with Gasteiger partial charge in [0.15, 0.2) is 0 Å². The van der Waals surface area contributed by atoms with Crippen LogP contribution in [-0.4, -0.2) is 13.6 Å². The summed E-state index contributed by atoms with van der Waals surface area (Å²) in [6.07, 6.45) is 7.02. The van der Waals surface area contributed by atoms with Gasteiger partial charge in [-0.05, 0) is 13.8 Å². The molecule has 0 atom stereocenters. The molecule has 0 aromatic carbocycles. The third-order valence-electron chi connectivity index (χ3n) is 1.47. The largest absolute Gasteiger partial charge is 0.323 e. The van der Waals surface area contributed by atoms with Crippen molar-refractivity contribution < 1.29 is 0 Å². The van der Waals surface area contributed by atoms with Crippen LogP contribution in [0.3, 0.4) is 0 Å². The van der Waals surface area contributed by atoms with E-state index in [9.17, 15) is 0 Å². The van der Waals surface area contributed by atoms with E-state index in [0.717, 1.165) is 12.1 Å². The van der Waals surface area contributed by atoms with Gasteiger partial charge in [0.1, 0.15) is 7.85 Å². The van der Waals surface area contributed by atoms with E-state index in [2.05, 4.69) is 31.2 Å². The van der Waals surface area contributed by atoms with Crippen molar-refractivity contribution in [2.45, 2.75) is 20.3 Å². The van der Waals surface area contributed by atoms with Crippen molar-refractivity contribution in [3.63, 3.8) is 0 Å². The molecule has 0 aromatic rings. The Morgan fingerprint density at radius 1 is 1.64 bits per heavy atom. The van der Waals surface area contributed by atoms with Crippen molar-refractivity contribution in [3.05, 3.63) is 23.7 Å². The van der Waals surface area contributed by atoms with Crippen LogP contribution in [-0.2, 0) is 0 Å².